The van der Waals surface area contributed by atoms with E-state index in [0.29, 0.717) is 0 Å². The van der Waals surface area contributed by atoms with Crippen LogP contribution < -0.4 is 0 Å². The van der Waals surface area contributed by atoms with Gasteiger partial charge in [-0.1, -0.05) is 23.2 Å². The Labute approximate surface area is 90.5 Å². The van der Waals surface area contributed by atoms with Gasteiger partial charge in [-0.25, -0.2) is 0 Å². The van der Waals surface area contributed by atoms with Crippen molar-refractivity contribution in [1.82, 2.24) is 0 Å². The van der Waals surface area contributed by atoms with Crippen molar-refractivity contribution < 1.29 is 14.3 Å². The fourth-order valence-electron chi connectivity index (χ4n) is 1.13. The summed E-state index contributed by atoms with van der Waals surface area (Å²) >= 11 is 17.1. The van der Waals surface area contributed by atoms with Gasteiger partial charge in [0.15, 0.2) is 11.2 Å². The van der Waals surface area contributed by atoms with E-state index in [1.54, 1.807) is 0 Å². The van der Waals surface area contributed by atoms with Gasteiger partial charge in [0.1, 0.15) is 10.1 Å². The minimum Gasteiger partial charge on any atom is -0.347 e. The van der Waals surface area contributed by atoms with Crippen LogP contribution in [-0.4, -0.2) is 31.2 Å². The van der Waals surface area contributed by atoms with E-state index in [1.807, 2.05) is 0 Å². The lowest BCUT2D eigenvalue weighted by atomic mass is 10.2. The zero-order valence-corrected chi connectivity index (χ0v) is 9.20. The molecule has 0 aromatic heterocycles. The van der Waals surface area contributed by atoms with Gasteiger partial charge >= 0.3 is 0 Å². The van der Waals surface area contributed by atoms with Gasteiger partial charge in [0.25, 0.3) is 0 Å². The molecule has 13 heavy (non-hydrogen) atoms. The molecule has 0 fully saturated rings. The maximum atomic E-state index is 11.3. The van der Waals surface area contributed by atoms with E-state index in [-0.39, 0.29) is 10.1 Å². The predicted octanol–water partition coefficient (Wildman–Crippen LogP) is 1.85. The Morgan fingerprint density at radius 3 is 1.92 bits per heavy atom. The average molecular weight is 245 g/mol. The molecule has 0 heterocycles. The van der Waals surface area contributed by atoms with Crippen LogP contribution in [0.1, 0.15) is 0 Å². The second kappa shape index (κ2) is 3.75. The molecule has 0 amide bonds. The number of ketones is 1. The molecule has 0 aliphatic heterocycles. The monoisotopic (exact) mass is 244 g/mol. The van der Waals surface area contributed by atoms with Crippen molar-refractivity contribution in [3.8, 4) is 0 Å². The molecule has 74 valence electrons. The molecule has 0 radical (unpaired) electrons. The third kappa shape index (κ3) is 1.39. The van der Waals surface area contributed by atoms with Gasteiger partial charge < -0.3 is 9.47 Å². The molecular formula is C7H7Cl3O3. The van der Waals surface area contributed by atoms with Gasteiger partial charge in [-0.15, -0.1) is 11.6 Å². The van der Waals surface area contributed by atoms with Crippen molar-refractivity contribution in [2.45, 2.75) is 11.2 Å². The van der Waals surface area contributed by atoms with E-state index in [2.05, 4.69) is 0 Å². The van der Waals surface area contributed by atoms with Crippen LogP contribution >= 0.6 is 34.8 Å². The van der Waals surface area contributed by atoms with E-state index in [4.69, 9.17) is 44.3 Å². The number of rotatable bonds is 2. The van der Waals surface area contributed by atoms with E-state index in [1.165, 1.54) is 14.2 Å². The molecule has 1 unspecified atom stereocenters. The Kier molecular flexibility index (Phi) is 3.25. The van der Waals surface area contributed by atoms with Crippen LogP contribution in [0.25, 0.3) is 0 Å². The number of allylic oxidation sites excluding steroid dienone is 1. The summed E-state index contributed by atoms with van der Waals surface area (Å²) < 4.78 is 9.93. The Bertz CT molecular complexity index is 270. The highest BCUT2D eigenvalue weighted by molar-refractivity contribution is 6.55. The van der Waals surface area contributed by atoms with Crippen LogP contribution in [0.4, 0.5) is 0 Å². The lowest BCUT2D eigenvalue weighted by Crippen LogP contribution is -2.42. The Hall–Kier alpha value is 0.200. The van der Waals surface area contributed by atoms with Crippen LogP contribution in [0.15, 0.2) is 10.1 Å². The first-order valence-electron chi connectivity index (χ1n) is 3.35. The lowest BCUT2D eigenvalue weighted by Gasteiger charge is -2.28. The molecule has 1 aliphatic rings. The number of hydrogen-bond acceptors (Lipinski definition) is 3. The molecule has 0 aromatic rings. The number of methoxy groups -OCH3 is 2. The Morgan fingerprint density at radius 1 is 1.31 bits per heavy atom. The number of carbonyl (C=O) groups is 1. The van der Waals surface area contributed by atoms with Crippen molar-refractivity contribution in [3.05, 3.63) is 10.1 Å². The largest absolute Gasteiger partial charge is 0.347 e. The fourth-order valence-corrected chi connectivity index (χ4v) is 2.23. The van der Waals surface area contributed by atoms with Gasteiger partial charge in [0.2, 0.25) is 5.79 Å². The normalized spacial score (nSPS) is 27.2. The second-order valence-electron chi connectivity index (χ2n) is 2.43. The van der Waals surface area contributed by atoms with Crippen molar-refractivity contribution in [2.75, 3.05) is 14.2 Å². The zero-order valence-electron chi connectivity index (χ0n) is 6.94. The second-order valence-corrected chi connectivity index (χ2v) is 3.62. The van der Waals surface area contributed by atoms with Crippen LogP contribution in [-0.2, 0) is 14.3 Å². The number of carbonyl (C=O) groups excluding carboxylic acids is 1. The number of ether oxygens (including phenoxy) is 2. The molecule has 0 saturated heterocycles. The summed E-state index contributed by atoms with van der Waals surface area (Å²) in [5.74, 6) is -1.92. The average Bonchev–Trinajstić information content (AvgIpc) is 2.31. The quantitative estimate of drug-likeness (QED) is 0.550. The molecule has 1 aliphatic carbocycles. The van der Waals surface area contributed by atoms with Crippen molar-refractivity contribution in [2.24, 2.45) is 0 Å². The molecule has 1 rings (SSSR count). The number of Topliss-reactive ketones (excluding diaryl/α,β-unsaturated/α-hetero) is 1. The van der Waals surface area contributed by atoms with E-state index < -0.39 is 16.9 Å². The van der Waals surface area contributed by atoms with E-state index >= 15 is 0 Å². The summed E-state index contributed by atoms with van der Waals surface area (Å²) in [7, 11) is 2.67. The first kappa shape index (κ1) is 11.3. The molecule has 6 heteroatoms. The van der Waals surface area contributed by atoms with Gasteiger partial charge in [-0.2, -0.15) is 0 Å². The minimum atomic E-state index is -1.43. The Morgan fingerprint density at radius 2 is 1.77 bits per heavy atom. The van der Waals surface area contributed by atoms with E-state index in [0.717, 1.165) is 0 Å². The number of hydrogen-bond donors (Lipinski definition) is 0. The maximum Gasteiger partial charge on any atom is 0.231 e. The molecule has 0 bridgehead atoms. The molecule has 0 aromatic carbocycles. The van der Waals surface area contributed by atoms with E-state index in [9.17, 15) is 4.79 Å². The van der Waals surface area contributed by atoms with Crippen molar-refractivity contribution >= 4 is 40.6 Å². The number of alkyl halides is 1. The fraction of sp³-hybridized carbons (Fsp3) is 0.571. The van der Waals surface area contributed by atoms with Gasteiger partial charge in [-0.05, 0) is 0 Å². The smallest absolute Gasteiger partial charge is 0.231 e. The molecular weight excluding hydrogens is 238 g/mol. The van der Waals surface area contributed by atoms with Crippen LogP contribution in [0, 0.1) is 0 Å². The van der Waals surface area contributed by atoms with Gasteiger partial charge in [0.05, 0.1) is 0 Å². The molecule has 0 spiro atoms. The predicted molar refractivity (Wildman–Crippen MR) is 50.1 cm³/mol. The number of halogens is 3. The van der Waals surface area contributed by atoms with Crippen LogP contribution in [0.5, 0.6) is 0 Å². The highest BCUT2D eigenvalue weighted by atomic mass is 35.5. The van der Waals surface area contributed by atoms with Crippen molar-refractivity contribution in [1.29, 1.82) is 0 Å². The summed E-state index contributed by atoms with van der Waals surface area (Å²) in [5, 5.41) is -1.18. The van der Waals surface area contributed by atoms with Crippen molar-refractivity contribution in [3.63, 3.8) is 0 Å². The first-order valence-corrected chi connectivity index (χ1v) is 4.54. The first-order chi connectivity index (χ1) is 6.01. The third-order valence-electron chi connectivity index (χ3n) is 1.89. The van der Waals surface area contributed by atoms with Crippen LogP contribution in [0.2, 0.25) is 0 Å². The third-order valence-corrected chi connectivity index (χ3v) is 3.30. The molecule has 3 nitrogen and oxygen atoms in total. The molecule has 0 N–H and O–H groups in total. The van der Waals surface area contributed by atoms with Gasteiger partial charge in [0, 0.05) is 14.2 Å². The van der Waals surface area contributed by atoms with Gasteiger partial charge in [-0.3, -0.25) is 4.79 Å². The highest BCUT2D eigenvalue weighted by Gasteiger charge is 2.54. The lowest BCUT2D eigenvalue weighted by molar-refractivity contribution is -0.171. The standard InChI is InChI=1S/C7H7Cl3O3/c1-12-7(13-2)5(9)3(8)4(11)6(7)10/h6H,1-2H3. The summed E-state index contributed by atoms with van der Waals surface area (Å²) in [4.78, 5) is 11.3. The summed E-state index contributed by atoms with van der Waals surface area (Å²) in [6, 6.07) is 0. The Balaban J connectivity index is 3.19. The maximum absolute atomic E-state index is 11.3. The summed E-state index contributed by atoms with van der Waals surface area (Å²) in [5.41, 5.74) is 0. The zero-order chi connectivity index (χ0) is 10.2. The highest BCUT2D eigenvalue weighted by Crippen LogP contribution is 2.43. The molecule has 0 saturated carbocycles. The summed E-state index contributed by atoms with van der Waals surface area (Å²) in [6.07, 6.45) is 0. The summed E-state index contributed by atoms with van der Waals surface area (Å²) in [6.45, 7) is 0. The SMILES string of the molecule is COC1(OC)C(Cl)=C(Cl)C(=O)C1Cl. The van der Waals surface area contributed by atoms with Crippen LogP contribution in [0.3, 0.4) is 0 Å². The topological polar surface area (TPSA) is 35.5 Å². The molecule has 1 atom stereocenters. The minimum absolute atomic E-state index is 0.0100.